The molecule has 0 saturated carbocycles. The molecular weight excluding hydrogens is 233 g/mol. The standard InChI is InChI=1S/C12H16FN5/c1-8(2)18-11(16-7-17-18)6-10(14)12-9(13)4-3-5-15-12/h3-5,7-8,10H,6,14H2,1-2H3. The lowest BCUT2D eigenvalue weighted by molar-refractivity contribution is 0.485. The molecule has 5 nitrogen and oxygen atoms in total. The van der Waals surface area contributed by atoms with Crippen LogP contribution in [0, 0.1) is 5.82 Å². The average Bonchev–Trinajstić information content (AvgIpc) is 2.77. The highest BCUT2D eigenvalue weighted by Gasteiger charge is 2.17. The van der Waals surface area contributed by atoms with Crippen LogP contribution in [0.2, 0.25) is 0 Å². The second-order valence-corrected chi connectivity index (χ2v) is 4.40. The Labute approximate surface area is 105 Å². The summed E-state index contributed by atoms with van der Waals surface area (Å²) < 4.78 is 15.3. The lowest BCUT2D eigenvalue weighted by atomic mass is 10.1. The molecule has 0 radical (unpaired) electrons. The molecule has 6 heteroatoms. The van der Waals surface area contributed by atoms with Crippen molar-refractivity contribution in [1.29, 1.82) is 0 Å². The molecule has 1 atom stereocenters. The lowest BCUT2D eigenvalue weighted by Gasteiger charge is -2.13. The van der Waals surface area contributed by atoms with Crippen LogP contribution in [0.4, 0.5) is 4.39 Å². The predicted octanol–water partition coefficient (Wildman–Crippen LogP) is 1.64. The summed E-state index contributed by atoms with van der Waals surface area (Å²) >= 11 is 0. The van der Waals surface area contributed by atoms with E-state index in [1.807, 2.05) is 13.8 Å². The lowest BCUT2D eigenvalue weighted by Crippen LogP contribution is -2.20. The van der Waals surface area contributed by atoms with Gasteiger partial charge >= 0.3 is 0 Å². The van der Waals surface area contributed by atoms with Gasteiger partial charge in [-0.05, 0) is 26.0 Å². The van der Waals surface area contributed by atoms with E-state index in [0.717, 1.165) is 5.82 Å². The molecule has 0 aliphatic heterocycles. The fourth-order valence-corrected chi connectivity index (χ4v) is 1.82. The quantitative estimate of drug-likeness (QED) is 0.894. The summed E-state index contributed by atoms with van der Waals surface area (Å²) in [4.78, 5) is 8.13. The van der Waals surface area contributed by atoms with Crippen LogP contribution in [0.15, 0.2) is 24.7 Å². The third kappa shape index (κ3) is 2.53. The number of pyridine rings is 1. The Morgan fingerprint density at radius 1 is 1.39 bits per heavy atom. The van der Waals surface area contributed by atoms with E-state index in [0.29, 0.717) is 6.42 Å². The molecule has 0 amide bonds. The monoisotopic (exact) mass is 249 g/mol. The van der Waals surface area contributed by atoms with Crippen LogP contribution in [0.3, 0.4) is 0 Å². The Balaban J connectivity index is 2.19. The normalized spacial score (nSPS) is 12.9. The van der Waals surface area contributed by atoms with Crippen LogP contribution >= 0.6 is 0 Å². The van der Waals surface area contributed by atoms with Crippen molar-refractivity contribution >= 4 is 0 Å². The molecule has 2 heterocycles. The minimum Gasteiger partial charge on any atom is -0.322 e. The Morgan fingerprint density at radius 2 is 2.17 bits per heavy atom. The fourth-order valence-electron chi connectivity index (χ4n) is 1.82. The van der Waals surface area contributed by atoms with Crippen molar-refractivity contribution in [2.24, 2.45) is 5.73 Å². The zero-order valence-corrected chi connectivity index (χ0v) is 10.4. The van der Waals surface area contributed by atoms with Crippen molar-refractivity contribution in [3.05, 3.63) is 42.0 Å². The van der Waals surface area contributed by atoms with Crippen LogP contribution in [0.25, 0.3) is 0 Å². The molecule has 2 aromatic rings. The van der Waals surface area contributed by atoms with Crippen molar-refractivity contribution in [3.8, 4) is 0 Å². The Kier molecular flexibility index (Phi) is 3.66. The van der Waals surface area contributed by atoms with E-state index in [4.69, 9.17) is 5.73 Å². The average molecular weight is 249 g/mol. The summed E-state index contributed by atoms with van der Waals surface area (Å²) in [5, 5.41) is 4.12. The largest absolute Gasteiger partial charge is 0.322 e. The molecule has 0 spiro atoms. The van der Waals surface area contributed by atoms with Gasteiger partial charge in [0.1, 0.15) is 18.0 Å². The summed E-state index contributed by atoms with van der Waals surface area (Å²) in [5.74, 6) is 0.350. The number of hydrogen-bond donors (Lipinski definition) is 1. The Bertz CT molecular complexity index is 523. The summed E-state index contributed by atoms with van der Waals surface area (Å²) in [6, 6.07) is 2.58. The SMILES string of the molecule is CC(C)n1ncnc1CC(N)c1ncccc1F. The van der Waals surface area contributed by atoms with E-state index >= 15 is 0 Å². The molecule has 1 unspecified atom stereocenters. The first-order valence-corrected chi connectivity index (χ1v) is 5.84. The van der Waals surface area contributed by atoms with Gasteiger partial charge in [0.2, 0.25) is 0 Å². The van der Waals surface area contributed by atoms with Crippen molar-refractivity contribution in [2.75, 3.05) is 0 Å². The van der Waals surface area contributed by atoms with Crippen molar-refractivity contribution in [3.63, 3.8) is 0 Å². The molecule has 0 aromatic carbocycles. The first-order chi connectivity index (χ1) is 8.59. The van der Waals surface area contributed by atoms with Gasteiger partial charge in [0.25, 0.3) is 0 Å². The second-order valence-electron chi connectivity index (χ2n) is 4.40. The molecule has 18 heavy (non-hydrogen) atoms. The molecular formula is C12H16FN5. The second kappa shape index (κ2) is 5.22. The highest BCUT2D eigenvalue weighted by atomic mass is 19.1. The third-order valence-electron chi connectivity index (χ3n) is 2.68. The van der Waals surface area contributed by atoms with Crippen molar-refractivity contribution in [1.82, 2.24) is 19.7 Å². The fraction of sp³-hybridized carbons (Fsp3) is 0.417. The van der Waals surface area contributed by atoms with Crippen molar-refractivity contribution in [2.45, 2.75) is 32.4 Å². The third-order valence-corrected chi connectivity index (χ3v) is 2.68. The summed E-state index contributed by atoms with van der Waals surface area (Å²) in [6.45, 7) is 4.01. The van der Waals surface area contributed by atoms with Crippen LogP contribution in [-0.4, -0.2) is 19.7 Å². The number of hydrogen-bond acceptors (Lipinski definition) is 4. The van der Waals surface area contributed by atoms with Gasteiger partial charge in [-0.15, -0.1) is 0 Å². The molecule has 0 aliphatic carbocycles. The van der Waals surface area contributed by atoms with E-state index in [2.05, 4.69) is 15.1 Å². The maximum absolute atomic E-state index is 13.5. The summed E-state index contributed by atoms with van der Waals surface area (Å²) in [6.07, 6.45) is 3.42. The first-order valence-electron chi connectivity index (χ1n) is 5.84. The molecule has 0 fully saturated rings. The molecule has 2 rings (SSSR count). The number of nitrogens with two attached hydrogens (primary N) is 1. The molecule has 2 N–H and O–H groups in total. The zero-order chi connectivity index (χ0) is 13.1. The zero-order valence-electron chi connectivity index (χ0n) is 10.4. The molecule has 0 aliphatic rings. The highest BCUT2D eigenvalue weighted by molar-refractivity contribution is 5.12. The van der Waals surface area contributed by atoms with Gasteiger partial charge in [-0.25, -0.2) is 14.1 Å². The Morgan fingerprint density at radius 3 is 2.83 bits per heavy atom. The smallest absolute Gasteiger partial charge is 0.146 e. The number of halogens is 1. The van der Waals surface area contributed by atoms with E-state index in [1.54, 1.807) is 10.7 Å². The number of nitrogens with zero attached hydrogens (tertiary/aromatic N) is 4. The van der Waals surface area contributed by atoms with E-state index in [1.165, 1.54) is 18.6 Å². The van der Waals surface area contributed by atoms with Gasteiger partial charge in [0, 0.05) is 18.7 Å². The van der Waals surface area contributed by atoms with E-state index in [-0.39, 0.29) is 17.6 Å². The van der Waals surface area contributed by atoms with Gasteiger partial charge in [-0.1, -0.05) is 0 Å². The number of rotatable bonds is 4. The minimum absolute atomic E-state index is 0.197. The molecule has 0 bridgehead atoms. The van der Waals surface area contributed by atoms with Crippen molar-refractivity contribution < 1.29 is 4.39 Å². The van der Waals surface area contributed by atoms with E-state index in [9.17, 15) is 4.39 Å². The first kappa shape index (κ1) is 12.6. The van der Waals surface area contributed by atoms with Crippen LogP contribution in [0.1, 0.15) is 37.4 Å². The van der Waals surface area contributed by atoms with E-state index < -0.39 is 6.04 Å². The topological polar surface area (TPSA) is 69.6 Å². The van der Waals surface area contributed by atoms with Crippen LogP contribution < -0.4 is 5.73 Å². The predicted molar refractivity (Wildman–Crippen MR) is 65.2 cm³/mol. The summed E-state index contributed by atoms with van der Waals surface area (Å²) in [7, 11) is 0. The summed E-state index contributed by atoms with van der Waals surface area (Å²) in [5.41, 5.74) is 6.23. The minimum atomic E-state index is -0.520. The van der Waals surface area contributed by atoms with Gasteiger partial charge in [-0.2, -0.15) is 5.10 Å². The van der Waals surface area contributed by atoms with Gasteiger partial charge in [-0.3, -0.25) is 4.98 Å². The maximum Gasteiger partial charge on any atom is 0.146 e. The molecule has 0 saturated heterocycles. The van der Waals surface area contributed by atoms with Gasteiger partial charge < -0.3 is 5.73 Å². The maximum atomic E-state index is 13.5. The van der Waals surface area contributed by atoms with Gasteiger partial charge in [0.15, 0.2) is 0 Å². The van der Waals surface area contributed by atoms with Crippen LogP contribution in [-0.2, 0) is 6.42 Å². The van der Waals surface area contributed by atoms with Gasteiger partial charge in [0.05, 0.1) is 11.7 Å². The molecule has 2 aromatic heterocycles. The number of aromatic nitrogens is 4. The molecule has 96 valence electrons. The Hall–Kier alpha value is -1.82. The highest BCUT2D eigenvalue weighted by Crippen LogP contribution is 2.17. The van der Waals surface area contributed by atoms with Crippen LogP contribution in [0.5, 0.6) is 0 Å².